The van der Waals surface area contributed by atoms with Crippen LogP contribution < -0.4 is 5.32 Å². The molecule has 0 amide bonds. The van der Waals surface area contributed by atoms with Crippen LogP contribution in [0.15, 0.2) is 60.8 Å². The molecule has 19 heavy (non-hydrogen) atoms. The number of rotatable bonds is 1. The molecule has 0 fully saturated rings. The Kier molecular flexibility index (Phi) is 2.42. The van der Waals surface area contributed by atoms with Gasteiger partial charge in [0.15, 0.2) is 0 Å². The van der Waals surface area contributed by atoms with Crippen molar-refractivity contribution in [3.8, 4) is 0 Å². The van der Waals surface area contributed by atoms with Gasteiger partial charge < -0.3 is 9.88 Å². The molecule has 2 nitrogen and oxygen atoms in total. The molecule has 1 N–H and O–H groups in total. The van der Waals surface area contributed by atoms with Crippen molar-refractivity contribution in [2.75, 3.05) is 6.54 Å². The van der Waals surface area contributed by atoms with E-state index in [4.69, 9.17) is 0 Å². The molecule has 0 aliphatic carbocycles. The molecule has 2 heteroatoms. The highest BCUT2D eigenvalue weighted by atomic mass is 15.1. The van der Waals surface area contributed by atoms with E-state index in [1.54, 1.807) is 0 Å². The van der Waals surface area contributed by atoms with Gasteiger partial charge >= 0.3 is 0 Å². The van der Waals surface area contributed by atoms with E-state index in [9.17, 15) is 0 Å². The van der Waals surface area contributed by atoms with Gasteiger partial charge in [0.25, 0.3) is 0 Å². The SMILES string of the molecule is c1ccc2c([C@H]3NCCn4cccc43)cccc2c1. The Morgan fingerprint density at radius 2 is 1.84 bits per heavy atom. The molecule has 0 unspecified atom stereocenters. The number of fused-ring (bicyclic) bond motifs is 2. The third kappa shape index (κ3) is 1.68. The Bertz CT molecular complexity index is 721. The van der Waals surface area contributed by atoms with Gasteiger partial charge in [-0.3, -0.25) is 0 Å². The lowest BCUT2D eigenvalue weighted by Gasteiger charge is -2.27. The lowest BCUT2D eigenvalue weighted by Crippen LogP contribution is -2.33. The summed E-state index contributed by atoms with van der Waals surface area (Å²) in [5, 5.41) is 6.30. The minimum Gasteiger partial charge on any atom is -0.348 e. The molecule has 2 aromatic carbocycles. The molecule has 0 bridgehead atoms. The van der Waals surface area contributed by atoms with Crippen LogP contribution in [0.4, 0.5) is 0 Å². The summed E-state index contributed by atoms with van der Waals surface area (Å²) in [6.07, 6.45) is 2.17. The molecule has 2 heterocycles. The lowest BCUT2D eigenvalue weighted by atomic mass is 9.96. The minimum atomic E-state index is 0.301. The van der Waals surface area contributed by atoms with Crippen molar-refractivity contribution >= 4 is 10.8 Å². The number of nitrogens with zero attached hydrogens (tertiary/aromatic N) is 1. The fourth-order valence-corrected chi connectivity index (χ4v) is 3.10. The van der Waals surface area contributed by atoms with Crippen molar-refractivity contribution in [1.29, 1.82) is 0 Å². The second-order valence-corrected chi connectivity index (χ2v) is 5.08. The lowest BCUT2D eigenvalue weighted by molar-refractivity contribution is 0.469. The quantitative estimate of drug-likeness (QED) is 0.699. The fourth-order valence-electron chi connectivity index (χ4n) is 3.10. The zero-order valence-electron chi connectivity index (χ0n) is 10.7. The average Bonchev–Trinajstić information content (AvgIpc) is 2.95. The summed E-state index contributed by atoms with van der Waals surface area (Å²) < 4.78 is 2.35. The predicted octanol–water partition coefficient (Wildman–Crippen LogP) is 3.33. The zero-order valence-corrected chi connectivity index (χ0v) is 10.7. The average molecular weight is 248 g/mol. The molecule has 94 valence electrons. The first-order valence-corrected chi connectivity index (χ1v) is 6.79. The molecular formula is C17H16N2. The summed E-state index contributed by atoms with van der Waals surface area (Å²) in [4.78, 5) is 0. The van der Waals surface area contributed by atoms with Gasteiger partial charge in [0.05, 0.1) is 6.04 Å². The minimum absolute atomic E-state index is 0.301. The maximum Gasteiger partial charge on any atom is 0.0737 e. The normalized spacial score (nSPS) is 18.4. The molecule has 4 rings (SSSR count). The van der Waals surface area contributed by atoms with Crippen LogP contribution in [0.25, 0.3) is 10.8 Å². The monoisotopic (exact) mass is 248 g/mol. The van der Waals surface area contributed by atoms with E-state index in [2.05, 4.69) is 70.7 Å². The number of hydrogen-bond acceptors (Lipinski definition) is 1. The first kappa shape index (κ1) is 10.8. The molecule has 0 saturated carbocycles. The molecule has 1 aliphatic heterocycles. The van der Waals surface area contributed by atoms with Crippen molar-refractivity contribution in [3.05, 3.63) is 72.1 Å². The first-order chi connectivity index (χ1) is 9.43. The third-order valence-electron chi connectivity index (χ3n) is 4.00. The molecule has 0 spiro atoms. The highest BCUT2D eigenvalue weighted by Crippen LogP contribution is 2.30. The van der Waals surface area contributed by atoms with E-state index >= 15 is 0 Å². The van der Waals surface area contributed by atoms with Crippen molar-refractivity contribution < 1.29 is 0 Å². The van der Waals surface area contributed by atoms with Gasteiger partial charge in [0, 0.05) is 25.0 Å². The summed E-state index contributed by atoms with van der Waals surface area (Å²) in [6, 6.07) is 19.9. The summed E-state index contributed by atoms with van der Waals surface area (Å²) in [7, 11) is 0. The summed E-state index contributed by atoms with van der Waals surface area (Å²) >= 11 is 0. The largest absolute Gasteiger partial charge is 0.348 e. The molecule has 1 aromatic heterocycles. The topological polar surface area (TPSA) is 17.0 Å². The van der Waals surface area contributed by atoms with Gasteiger partial charge in [-0.15, -0.1) is 0 Å². The summed E-state index contributed by atoms with van der Waals surface area (Å²) in [6.45, 7) is 2.08. The van der Waals surface area contributed by atoms with Crippen LogP contribution in [0.1, 0.15) is 17.3 Å². The number of nitrogens with one attached hydrogen (secondary N) is 1. The smallest absolute Gasteiger partial charge is 0.0737 e. The third-order valence-corrected chi connectivity index (χ3v) is 4.00. The summed E-state index contributed by atoms with van der Waals surface area (Å²) in [5.41, 5.74) is 2.74. The van der Waals surface area contributed by atoms with Gasteiger partial charge in [-0.2, -0.15) is 0 Å². The van der Waals surface area contributed by atoms with E-state index in [-0.39, 0.29) is 0 Å². The van der Waals surface area contributed by atoms with Gasteiger partial charge in [0.1, 0.15) is 0 Å². The molecular weight excluding hydrogens is 232 g/mol. The molecule has 1 atom stereocenters. The Morgan fingerprint density at radius 3 is 2.84 bits per heavy atom. The Hall–Kier alpha value is -2.06. The number of hydrogen-bond donors (Lipinski definition) is 1. The van der Waals surface area contributed by atoms with Crippen molar-refractivity contribution in [3.63, 3.8) is 0 Å². The van der Waals surface area contributed by atoms with E-state index in [1.165, 1.54) is 22.0 Å². The van der Waals surface area contributed by atoms with Gasteiger partial charge in [-0.25, -0.2) is 0 Å². The van der Waals surface area contributed by atoms with Crippen LogP contribution in [0.5, 0.6) is 0 Å². The van der Waals surface area contributed by atoms with E-state index < -0.39 is 0 Å². The van der Waals surface area contributed by atoms with Gasteiger partial charge in [-0.1, -0.05) is 42.5 Å². The van der Waals surface area contributed by atoms with Crippen molar-refractivity contribution in [1.82, 2.24) is 9.88 Å². The maximum absolute atomic E-state index is 3.65. The highest BCUT2D eigenvalue weighted by molar-refractivity contribution is 5.86. The van der Waals surface area contributed by atoms with Crippen molar-refractivity contribution in [2.24, 2.45) is 0 Å². The first-order valence-electron chi connectivity index (χ1n) is 6.79. The van der Waals surface area contributed by atoms with Gasteiger partial charge in [0.2, 0.25) is 0 Å². The van der Waals surface area contributed by atoms with Crippen LogP contribution in [0.2, 0.25) is 0 Å². The van der Waals surface area contributed by atoms with Crippen LogP contribution in [0, 0.1) is 0 Å². The van der Waals surface area contributed by atoms with Crippen LogP contribution in [-0.4, -0.2) is 11.1 Å². The fraction of sp³-hybridized carbons (Fsp3) is 0.176. The maximum atomic E-state index is 3.65. The Morgan fingerprint density at radius 1 is 0.947 bits per heavy atom. The van der Waals surface area contributed by atoms with Crippen LogP contribution in [0.3, 0.4) is 0 Å². The molecule has 0 radical (unpaired) electrons. The van der Waals surface area contributed by atoms with E-state index in [0.717, 1.165) is 13.1 Å². The number of aromatic nitrogens is 1. The second kappa shape index (κ2) is 4.25. The zero-order chi connectivity index (χ0) is 12.7. The van der Waals surface area contributed by atoms with E-state index in [1.807, 2.05) is 0 Å². The van der Waals surface area contributed by atoms with Crippen LogP contribution >= 0.6 is 0 Å². The van der Waals surface area contributed by atoms with Gasteiger partial charge in [-0.05, 0) is 28.5 Å². The van der Waals surface area contributed by atoms with Crippen molar-refractivity contribution in [2.45, 2.75) is 12.6 Å². The van der Waals surface area contributed by atoms with Crippen LogP contribution in [-0.2, 0) is 6.54 Å². The summed E-state index contributed by atoms with van der Waals surface area (Å²) in [5.74, 6) is 0. The van der Waals surface area contributed by atoms with E-state index in [0.29, 0.717) is 6.04 Å². The number of benzene rings is 2. The second-order valence-electron chi connectivity index (χ2n) is 5.08. The molecule has 1 aliphatic rings. The Labute approximate surface area is 112 Å². The predicted molar refractivity (Wildman–Crippen MR) is 78.2 cm³/mol. The standard InChI is InChI=1S/C17H16N2/c1-2-7-14-13(5-1)6-3-8-15(14)17-16-9-4-11-19(16)12-10-18-17/h1-9,11,17-18H,10,12H2/t17-/m1/s1. The Balaban J connectivity index is 1.93. The molecule has 3 aromatic rings. The molecule has 0 saturated heterocycles. The highest BCUT2D eigenvalue weighted by Gasteiger charge is 2.21.